The first kappa shape index (κ1) is 12.9. The molecule has 0 aliphatic heterocycles. The Morgan fingerprint density at radius 2 is 2.00 bits per heavy atom. The number of amides is 1. The second-order valence-corrected chi connectivity index (χ2v) is 4.13. The molecule has 0 unspecified atom stereocenters. The lowest BCUT2D eigenvalue weighted by atomic mass is 10.4. The summed E-state index contributed by atoms with van der Waals surface area (Å²) in [5.41, 5.74) is 0.995. The Kier molecular flexibility index (Phi) is 3.65. The van der Waals surface area contributed by atoms with E-state index in [9.17, 15) is 4.79 Å². The van der Waals surface area contributed by atoms with Crippen molar-refractivity contribution in [1.29, 1.82) is 0 Å². The van der Waals surface area contributed by atoms with Crippen LogP contribution in [0, 0.1) is 6.92 Å². The maximum Gasteiger partial charge on any atom is 0.278 e. The highest BCUT2D eigenvalue weighted by Crippen LogP contribution is 2.06. The third-order valence-electron chi connectivity index (χ3n) is 2.35. The normalized spacial score (nSPS) is 10.1. The van der Waals surface area contributed by atoms with Crippen molar-refractivity contribution in [2.75, 3.05) is 24.3 Å². The van der Waals surface area contributed by atoms with Crippen LogP contribution in [-0.2, 0) is 0 Å². The van der Waals surface area contributed by atoms with E-state index in [1.165, 1.54) is 12.4 Å². The van der Waals surface area contributed by atoms with Crippen molar-refractivity contribution >= 4 is 17.7 Å². The number of carbonyl (C=O) groups is 1. The van der Waals surface area contributed by atoms with Crippen molar-refractivity contribution in [3.05, 3.63) is 36.0 Å². The van der Waals surface area contributed by atoms with E-state index in [1.807, 2.05) is 21.0 Å². The fourth-order valence-corrected chi connectivity index (χ4v) is 1.34. The molecule has 0 atom stereocenters. The minimum atomic E-state index is -0.386. The van der Waals surface area contributed by atoms with Crippen LogP contribution in [0.5, 0.6) is 0 Å². The number of nitrogens with one attached hydrogen (secondary N) is 1. The topological polar surface area (TPSA) is 83.9 Å². The van der Waals surface area contributed by atoms with Crippen molar-refractivity contribution in [1.82, 2.24) is 19.9 Å². The molecule has 0 saturated heterocycles. The SMILES string of the molecule is Cc1ccnc(NC(=O)c2cnc(N(C)C)cn2)n1. The molecular formula is C12H14N6O. The van der Waals surface area contributed by atoms with E-state index in [-0.39, 0.29) is 17.5 Å². The van der Waals surface area contributed by atoms with Crippen molar-refractivity contribution in [2.45, 2.75) is 6.92 Å². The van der Waals surface area contributed by atoms with E-state index in [1.54, 1.807) is 17.2 Å². The molecule has 7 heteroatoms. The van der Waals surface area contributed by atoms with Crippen LogP contribution < -0.4 is 10.2 Å². The third-order valence-corrected chi connectivity index (χ3v) is 2.35. The summed E-state index contributed by atoms with van der Waals surface area (Å²) >= 11 is 0. The summed E-state index contributed by atoms with van der Waals surface area (Å²) in [6.07, 6.45) is 4.53. The first-order valence-corrected chi connectivity index (χ1v) is 5.66. The Balaban J connectivity index is 2.11. The van der Waals surface area contributed by atoms with Gasteiger partial charge >= 0.3 is 0 Å². The molecule has 0 bridgehead atoms. The van der Waals surface area contributed by atoms with E-state index >= 15 is 0 Å². The van der Waals surface area contributed by atoms with Crippen molar-refractivity contribution < 1.29 is 4.79 Å². The van der Waals surface area contributed by atoms with Gasteiger partial charge in [0.1, 0.15) is 11.5 Å². The lowest BCUT2D eigenvalue weighted by molar-refractivity contribution is 0.102. The average Bonchev–Trinajstić information content (AvgIpc) is 2.39. The number of rotatable bonds is 3. The van der Waals surface area contributed by atoms with Gasteiger partial charge in [0.25, 0.3) is 5.91 Å². The molecular weight excluding hydrogens is 244 g/mol. The Morgan fingerprint density at radius 3 is 2.58 bits per heavy atom. The van der Waals surface area contributed by atoms with Crippen molar-refractivity contribution in [3.8, 4) is 0 Å². The molecule has 7 nitrogen and oxygen atoms in total. The highest BCUT2D eigenvalue weighted by molar-refractivity contribution is 6.01. The second-order valence-electron chi connectivity index (χ2n) is 4.13. The second kappa shape index (κ2) is 5.38. The zero-order chi connectivity index (χ0) is 13.8. The van der Waals surface area contributed by atoms with Crippen LogP contribution in [0.3, 0.4) is 0 Å². The Labute approximate surface area is 110 Å². The minimum absolute atomic E-state index is 0.218. The molecule has 0 spiro atoms. The van der Waals surface area contributed by atoms with Gasteiger partial charge in [-0.3, -0.25) is 10.1 Å². The van der Waals surface area contributed by atoms with Crippen LogP contribution in [0.2, 0.25) is 0 Å². The van der Waals surface area contributed by atoms with Gasteiger partial charge in [0.2, 0.25) is 5.95 Å². The zero-order valence-corrected chi connectivity index (χ0v) is 11.0. The average molecular weight is 258 g/mol. The largest absolute Gasteiger partial charge is 0.361 e. The van der Waals surface area contributed by atoms with E-state index in [2.05, 4.69) is 25.3 Å². The lowest BCUT2D eigenvalue weighted by Gasteiger charge is -2.10. The predicted octanol–water partition coefficient (Wildman–Crippen LogP) is 0.893. The van der Waals surface area contributed by atoms with Gasteiger partial charge in [-0.05, 0) is 13.0 Å². The first-order chi connectivity index (χ1) is 9.06. The summed E-state index contributed by atoms with van der Waals surface area (Å²) in [7, 11) is 3.70. The van der Waals surface area contributed by atoms with E-state index in [0.29, 0.717) is 5.82 Å². The fraction of sp³-hybridized carbons (Fsp3) is 0.250. The highest BCUT2D eigenvalue weighted by atomic mass is 16.2. The summed E-state index contributed by atoms with van der Waals surface area (Å²) in [4.78, 5) is 29.9. The summed E-state index contributed by atoms with van der Waals surface area (Å²) in [5, 5.41) is 2.57. The number of nitrogens with zero attached hydrogens (tertiary/aromatic N) is 5. The van der Waals surface area contributed by atoms with Gasteiger partial charge in [-0.25, -0.2) is 19.9 Å². The van der Waals surface area contributed by atoms with Crippen LogP contribution in [0.25, 0.3) is 0 Å². The van der Waals surface area contributed by atoms with Crippen molar-refractivity contribution in [2.24, 2.45) is 0 Å². The van der Waals surface area contributed by atoms with Crippen LogP contribution in [0.15, 0.2) is 24.7 Å². The van der Waals surface area contributed by atoms with E-state index in [4.69, 9.17) is 0 Å². The number of aryl methyl sites for hydroxylation is 1. The molecule has 1 amide bonds. The Hall–Kier alpha value is -2.57. The van der Waals surface area contributed by atoms with Crippen molar-refractivity contribution in [3.63, 3.8) is 0 Å². The van der Waals surface area contributed by atoms with Gasteiger partial charge in [0.15, 0.2) is 0 Å². The number of anilines is 2. The van der Waals surface area contributed by atoms with Gasteiger partial charge in [-0.1, -0.05) is 0 Å². The molecule has 0 aliphatic rings. The molecule has 1 N–H and O–H groups in total. The predicted molar refractivity (Wildman–Crippen MR) is 71.1 cm³/mol. The molecule has 98 valence electrons. The summed E-state index contributed by atoms with van der Waals surface area (Å²) in [6, 6.07) is 1.75. The summed E-state index contributed by atoms with van der Waals surface area (Å²) in [6.45, 7) is 1.82. The zero-order valence-electron chi connectivity index (χ0n) is 11.0. The van der Waals surface area contributed by atoms with Gasteiger partial charge in [-0.15, -0.1) is 0 Å². The van der Waals surface area contributed by atoms with Gasteiger partial charge in [0.05, 0.1) is 12.4 Å². The lowest BCUT2D eigenvalue weighted by Crippen LogP contribution is -2.17. The molecule has 2 aromatic rings. The smallest absolute Gasteiger partial charge is 0.278 e. The molecule has 2 rings (SSSR count). The molecule has 2 aromatic heterocycles. The standard InChI is InChI=1S/C12H14N6O/c1-8-4-5-13-12(16-8)17-11(19)9-6-15-10(7-14-9)18(2)3/h4-7H,1-3H3,(H,13,16,17,19). The molecule has 19 heavy (non-hydrogen) atoms. The van der Waals surface area contributed by atoms with Gasteiger partial charge in [-0.2, -0.15) is 0 Å². The Morgan fingerprint density at radius 1 is 1.21 bits per heavy atom. The maximum absolute atomic E-state index is 11.9. The molecule has 0 aromatic carbocycles. The molecule has 2 heterocycles. The maximum atomic E-state index is 11.9. The molecule has 0 radical (unpaired) electrons. The number of hydrogen-bond acceptors (Lipinski definition) is 6. The monoisotopic (exact) mass is 258 g/mol. The third kappa shape index (κ3) is 3.21. The van der Waals surface area contributed by atoms with Crippen LogP contribution >= 0.6 is 0 Å². The van der Waals surface area contributed by atoms with Crippen LogP contribution in [-0.4, -0.2) is 39.9 Å². The number of carbonyl (C=O) groups excluding carboxylic acids is 1. The van der Waals surface area contributed by atoms with Gasteiger partial charge in [0, 0.05) is 26.0 Å². The minimum Gasteiger partial charge on any atom is -0.361 e. The van der Waals surface area contributed by atoms with E-state index in [0.717, 1.165) is 5.69 Å². The molecule has 0 fully saturated rings. The number of aromatic nitrogens is 4. The highest BCUT2D eigenvalue weighted by Gasteiger charge is 2.10. The van der Waals surface area contributed by atoms with Gasteiger partial charge < -0.3 is 4.90 Å². The molecule has 0 saturated carbocycles. The number of hydrogen-bond donors (Lipinski definition) is 1. The van der Waals surface area contributed by atoms with Crippen LogP contribution in [0.4, 0.5) is 11.8 Å². The van der Waals surface area contributed by atoms with E-state index < -0.39 is 0 Å². The molecule has 0 aliphatic carbocycles. The summed E-state index contributed by atoms with van der Waals surface area (Å²) < 4.78 is 0. The first-order valence-electron chi connectivity index (χ1n) is 5.66. The van der Waals surface area contributed by atoms with Crippen LogP contribution in [0.1, 0.15) is 16.2 Å². The summed E-state index contributed by atoms with van der Waals surface area (Å²) in [5.74, 6) is 0.551. The fourth-order valence-electron chi connectivity index (χ4n) is 1.34. The quantitative estimate of drug-likeness (QED) is 0.880. The Bertz CT molecular complexity index is 581.